The molecule has 0 radical (unpaired) electrons. The summed E-state index contributed by atoms with van der Waals surface area (Å²) in [5, 5.41) is 14.6. The Morgan fingerprint density at radius 2 is 1.86 bits per heavy atom. The van der Waals surface area contributed by atoms with Gasteiger partial charge in [-0.25, -0.2) is 0 Å². The highest BCUT2D eigenvalue weighted by molar-refractivity contribution is 5.43. The molecule has 1 unspecified atom stereocenters. The Kier molecular flexibility index (Phi) is 9.97. The molecule has 7 nitrogen and oxygen atoms in total. The minimum Gasteiger partial charge on any atom is -0.493 e. The lowest BCUT2D eigenvalue weighted by atomic mass is 10.2. The smallest absolute Gasteiger partial charge is 0.161 e. The second-order valence-electron chi connectivity index (χ2n) is 7.07. The zero-order valence-electron chi connectivity index (χ0n) is 18.3. The predicted molar refractivity (Wildman–Crippen MR) is 115 cm³/mol. The summed E-state index contributed by atoms with van der Waals surface area (Å²) in [6, 6.07) is 7.95. The van der Waals surface area contributed by atoms with E-state index in [1.165, 1.54) is 0 Å². The Bertz CT molecular complexity index is 689. The van der Waals surface area contributed by atoms with Crippen LogP contribution >= 0.6 is 0 Å². The fraction of sp³-hybridized carbons (Fsp3) is 0.591. The van der Waals surface area contributed by atoms with Crippen LogP contribution in [0.25, 0.3) is 0 Å². The highest BCUT2D eigenvalue weighted by atomic mass is 16.5. The molecule has 29 heavy (non-hydrogen) atoms. The van der Waals surface area contributed by atoms with E-state index in [9.17, 15) is 5.11 Å². The van der Waals surface area contributed by atoms with Crippen molar-refractivity contribution in [1.29, 1.82) is 0 Å². The zero-order chi connectivity index (χ0) is 21.1. The molecule has 0 spiro atoms. The molecule has 1 atom stereocenters. The summed E-state index contributed by atoms with van der Waals surface area (Å²) in [5.41, 5.74) is 1.15. The summed E-state index contributed by atoms with van der Waals surface area (Å²) in [6.45, 7) is 12.6. The molecule has 0 fully saturated rings. The van der Waals surface area contributed by atoms with Crippen LogP contribution in [-0.2, 0) is 13.1 Å². The number of nitrogens with zero attached hydrogens (tertiary/aromatic N) is 4. The lowest BCUT2D eigenvalue weighted by molar-refractivity contribution is 0.0705. The summed E-state index contributed by atoms with van der Waals surface area (Å²) in [6.07, 6.45) is 3.25. The summed E-state index contributed by atoms with van der Waals surface area (Å²) < 4.78 is 13.3. The average Bonchev–Trinajstić information content (AvgIpc) is 3.27. The maximum Gasteiger partial charge on any atom is 0.161 e. The number of methoxy groups -OCH3 is 1. The van der Waals surface area contributed by atoms with E-state index in [0.29, 0.717) is 18.0 Å². The standard InChI is InChI=1S/C22H36N4O3/c1-5-24(6-2)17-20(27)18-29-22-15-19(9-10-21(22)28-4)16-25(7-3)13-14-26-12-8-11-23-26/h8-12,15,20,27H,5-7,13-14,16-18H2,1-4H3. The van der Waals surface area contributed by atoms with Gasteiger partial charge in [-0.2, -0.15) is 5.10 Å². The van der Waals surface area contributed by atoms with Gasteiger partial charge in [0.2, 0.25) is 0 Å². The van der Waals surface area contributed by atoms with Gasteiger partial charge in [-0.3, -0.25) is 9.58 Å². The van der Waals surface area contributed by atoms with Gasteiger partial charge < -0.3 is 19.5 Å². The van der Waals surface area contributed by atoms with Gasteiger partial charge in [0.25, 0.3) is 0 Å². The van der Waals surface area contributed by atoms with Crippen LogP contribution in [0.4, 0.5) is 0 Å². The van der Waals surface area contributed by atoms with Crippen LogP contribution in [0.1, 0.15) is 26.3 Å². The lowest BCUT2D eigenvalue weighted by Gasteiger charge is -2.23. The maximum absolute atomic E-state index is 10.3. The first-order valence-corrected chi connectivity index (χ1v) is 10.5. The molecule has 1 N–H and O–H groups in total. The first kappa shape index (κ1) is 23.2. The van der Waals surface area contributed by atoms with Gasteiger partial charge in [0.1, 0.15) is 12.7 Å². The van der Waals surface area contributed by atoms with Crippen molar-refractivity contribution in [3.05, 3.63) is 42.2 Å². The molecule has 0 aliphatic heterocycles. The molecule has 1 heterocycles. The fourth-order valence-electron chi connectivity index (χ4n) is 3.23. The molecule has 0 aliphatic rings. The third kappa shape index (κ3) is 7.68. The molecule has 2 rings (SSSR count). The van der Waals surface area contributed by atoms with Crippen molar-refractivity contribution in [3.63, 3.8) is 0 Å². The number of aliphatic hydroxyl groups is 1. The van der Waals surface area contributed by atoms with Crippen LogP contribution in [0.5, 0.6) is 11.5 Å². The monoisotopic (exact) mass is 404 g/mol. The van der Waals surface area contributed by atoms with E-state index in [1.807, 2.05) is 29.1 Å². The zero-order valence-corrected chi connectivity index (χ0v) is 18.3. The highest BCUT2D eigenvalue weighted by Crippen LogP contribution is 2.28. The van der Waals surface area contributed by atoms with Crippen molar-refractivity contribution >= 4 is 0 Å². The van der Waals surface area contributed by atoms with Gasteiger partial charge in [0, 0.05) is 32.0 Å². The predicted octanol–water partition coefficient (Wildman–Crippen LogP) is 2.50. The van der Waals surface area contributed by atoms with Gasteiger partial charge in [-0.05, 0) is 43.4 Å². The van der Waals surface area contributed by atoms with E-state index in [-0.39, 0.29) is 6.61 Å². The molecular formula is C22H36N4O3. The van der Waals surface area contributed by atoms with E-state index in [0.717, 1.165) is 44.8 Å². The first-order chi connectivity index (χ1) is 14.1. The number of likely N-dealkylation sites (N-methyl/N-ethyl adjacent to an activating group) is 2. The van der Waals surface area contributed by atoms with Crippen LogP contribution in [0.2, 0.25) is 0 Å². The molecule has 0 saturated carbocycles. The summed E-state index contributed by atoms with van der Waals surface area (Å²) >= 11 is 0. The number of hydrogen-bond donors (Lipinski definition) is 1. The van der Waals surface area contributed by atoms with Crippen molar-refractivity contribution < 1.29 is 14.6 Å². The summed E-state index contributed by atoms with van der Waals surface area (Å²) in [7, 11) is 1.64. The van der Waals surface area contributed by atoms with E-state index >= 15 is 0 Å². The van der Waals surface area contributed by atoms with Gasteiger partial charge in [-0.15, -0.1) is 0 Å². The third-order valence-corrected chi connectivity index (χ3v) is 5.08. The number of aromatic nitrogens is 2. The molecule has 0 amide bonds. The van der Waals surface area contributed by atoms with Crippen molar-refractivity contribution in [2.24, 2.45) is 0 Å². The Morgan fingerprint density at radius 3 is 2.48 bits per heavy atom. The van der Waals surface area contributed by atoms with Crippen LogP contribution in [0, 0.1) is 0 Å². The SMILES string of the molecule is CCN(CCn1cccn1)Cc1ccc(OC)c(OCC(O)CN(CC)CC)c1. The maximum atomic E-state index is 10.3. The largest absolute Gasteiger partial charge is 0.493 e. The average molecular weight is 405 g/mol. The lowest BCUT2D eigenvalue weighted by Crippen LogP contribution is -2.35. The third-order valence-electron chi connectivity index (χ3n) is 5.08. The van der Waals surface area contributed by atoms with Gasteiger partial charge in [0.15, 0.2) is 11.5 Å². The second kappa shape index (κ2) is 12.5. The Labute approximate surface area is 174 Å². The van der Waals surface area contributed by atoms with Crippen LogP contribution in [0.3, 0.4) is 0 Å². The first-order valence-electron chi connectivity index (χ1n) is 10.5. The second-order valence-corrected chi connectivity index (χ2v) is 7.07. The number of rotatable bonds is 14. The van der Waals surface area contributed by atoms with E-state index in [1.54, 1.807) is 13.3 Å². The molecule has 162 valence electrons. The highest BCUT2D eigenvalue weighted by Gasteiger charge is 2.13. The van der Waals surface area contributed by atoms with Gasteiger partial charge in [0.05, 0.1) is 13.7 Å². The minimum atomic E-state index is -0.538. The van der Waals surface area contributed by atoms with E-state index < -0.39 is 6.10 Å². The van der Waals surface area contributed by atoms with Crippen LogP contribution < -0.4 is 9.47 Å². The fourth-order valence-corrected chi connectivity index (χ4v) is 3.23. The van der Waals surface area contributed by atoms with Crippen molar-refractivity contribution in [1.82, 2.24) is 19.6 Å². The molecule has 0 saturated heterocycles. The molecular weight excluding hydrogens is 368 g/mol. The normalized spacial score (nSPS) is 12.5. The Morgan fingerprint density at radius 1 is 1.10 bits per heavy atom. The molecule has 7 heteroatoms. The number of hydrogen-bond acceptors (Lipinski definition) is 6. The van der Waals surface area contributed by atoms with Crippen molar-refractivity contribution in [2.75, 3.05) is 46.4 Å². The number of aliphatic hydroxyl groups excluding tert-OH is 1. The van der Waals surface area contributed by atoms with Crippen molar-refractivity contribution in [3.8, 4) is 11.5 Å². The van der Waals surface area contributed by atoms with Crippen LogP contribution in [0.15, 0.2) is 36.7 Å². The molecule has 0 aliphatic carbocycles. The number of benzene rings is 1. The van der Waals surface area contributed by atoms with Gasteiger partial charge >= 0.3 is 0 Å². The molecule has 2 aromatic rings. The van der Waals surface area contributed by atoms with Gasteiger partial charge in [-0.1, -0.05) is 26.8 Å². The minimum absolute atomic E-state index is 0.243. The number of ether oxygens (including phenoxy) is 2. The quantitative estimate of drug-likeness (QED) is 0.522. The van der Waals surface area contributed by atoms with E-state index in [2.05, 4.69) is 41.7 Å². The Hall–Kier alpha value is -2.09. The molecule has 1 aromatic heterocycles. The summed E-state index contributed by atoms with van der Waals surface area (Å²) in [5.74, 6) is 1.36. The van der Waals surface area contributed by atoms with E-state index in [4.69, 9.17) is 9.47 Å². The Balaban J connectivity index is 1.95. The topological polar surface area (TPSA) is 63.0 Å². The molecule has 0 bridgehead atoms. The van der Waals surface area contributed by atoms with Crippen LogP contribution in [-0.4, -0.2) is 77.2 Å². The molecule has 1 aromatic carbocycles. The van der Waals surface area contributed by atoms with Crippen molar-refractivity contribution in [2.45, 2.75) is 40.0 Å². The summed E-state index contributed by atoms with van der Waals surface area (Å²) in [4.78, 5) is 4.54.